The average molecular weight is 611 g/mol. The van der Waals surface area contributed by atoms with E-state index in [2.05, 4.69) is 143 Å². The third-order valence-corrected chi connectivity index (χ3v) is 9.43. The number of hydrogen-bond acceptors (Lipinski definition) is 2. The topological polar surface area (TPSA) is 57.4 Å². The molecule has 2 aromatic heterocycles. The monoisotopic (exact) mass is 610 g/mol. The van der Waals surface area contributed by atoms with E-state index in [9.17, 15) is 10.5 Å². The third kappa shape index (κ3) is 4.07. The van der Waals surface area contributed by atoms with Crippen LogP contribution in [0.3, 0.4) is 0 Å². The summed E-state index contributed by atoms with van der Waals surface area (Å²) >= 11 is 0. The van der Waals surface area contributed by atoms with E-state index >= 15 is 0 Å². The van der Waals surface area contributed by atoms with Gasteiger partial charge in [-0.05, 0) is 65.2 Å². The first-order chi connectivity index (χ1) is 23.7. The van der Waals surface area contributed by atoms with Crippen LogP contribution >= 0.6 is 0 Å². The highest BCUT2D eigenvalue weighted by atomic mass is 15.0. The molecule has 7 aromatic carbocycles. The SMILES string of the molecule is N#Cc1cc(-c2ccc(-c3c(C#N)cccc3-n3c4ccccc4c4ccccc43)cc2)ccc1-n1c2ccccc2c2ccccc21. The van der Waals surface area contributed by atoms with E-state index in [4.69, 9.17) is 0 Å². The van der Waals surface area contributed by atoms with Crippen LogP contribution in [0.1, 0.15) is 11.1 Å². The molecule has 0 saturated heterocycles. The Kier molecular flexibility index (Phi) is 6.22. The highest BCUT2D eigenvalue weighted by molar-refractivity contribution is 6.10. The summed E-state index contributed by atoms with van der Waals surface area (Å²) in [5.41, 5.74) is 11.2. The maximum Gasteiger partial charge on any atom is 0.101 e. The van der Waals surface area contributed by atoms with E-state index in [1.165, 1.54) is 10.8 Å². The molecule has 0 fully saturated rings. The molecule has 0 radical (unpaired) electrons. The number of nitrogens with zero attached hydrogens (tertiary/aromatic N) is 4. The number of aromatic nitrogens is 2. The number of rotatable bonds is 4. The van der Waals surface area contributed by atoms with Gasteiger partial charge in [-0.25, -0.2) is 0 Å². The highest BCUT2D eigenvalue weighted by Gasteiger charge is 2.19. The maximum atomic E-state index is 10.4. The van der Waals surface area contributed by atoms with Crippen LogP contribution in [0.4, 0.5) is 0 Å². The van der Waals surface area contributed by atoms with Gasteiger partial charge in [0.05, 0.1) is 50.6 Å². The maximum absolute atomic E-state index is 10.4. The summed E-state index contributed by atoms with van der Waals surface area (Å²) in [7, 11) is 0. The van der Waals surface area contributed by atoms with Crippen molar-refractivity contribution in [1.82, 2.24) is 9.13 Å². The van der Waals surface area contributed by atoms with Crippen molar-refractivity contribution in [1.29, 1.82) is 10.5 Å². The fourth-order valence-electron chi connectivity index (χ4n) is 7.32. The molecule has 0 aliphatic rings. The molecule has 0 atom stereocenters. The largest absolute Gasteiger partial charge is 0.309 e. The van der Waals surface area contributed by atoms with Crippen molar-refractivity contribution < 1.29 is 0 Å². The number of benzene rings is 7. The van der Waals surface area contributed by atoms with Crippen molar-refractivity contribution in [2.75, 3.05) is 0 Å². The normalized spacial score (nSPS) is 11.3. The minimum atomic E-state index is 0.603. The smallest absolute Gasteiger partial charge is 0.101 e. The van der Waals surface area contributed by atoms with Gasteiger partial charge in [0, 0.05) is 27.1 Å². The van der Waals surface area contributed by atoms with Crippen LogP contribution in [0.15, 0.2) is 158 Å². The zero-order valence-electron chi connectivity index (χ0n) is 25.8. The lowest BCUT2D eigenvalue weighted by Gasteiger charge is -2.16. The molecule has 48 heavy (non-hydrogen) atoms. The van der Waals surface area contributed by atoms with Gasteiger partial charge in [0.2, 0.25) is 0 Å². The van der Waals surface area contributed by atoms with Gasteiger partial charge >= 0.3 is 0 Å². The molecule has 4 nitrogen and oxygen atoms in total. The average Bonchev–Trinajstić information content (AvgIpc) is 3.67. The molecule has 9 rings (SSSR count). The number of hydrogen-bond donors (Lipinski definition) is 0. The number of nitriles is 2. The summed E-state index contributed by atoms with van der Waals surface area (Å²) in [6.07, 6.45) is 0. The van der Waals surface area contributed by atoms with Gasteiger partial charge in [0.15, 0.2) is 0 Å². The lowest BCUT2D eigenvalue weighted by Crippen LogP contribution is -1.99. The first-order valence-corrected chi connectivity index (χ1v) is 15.9. The molecule has 0 aliphatic carbocycles. The van der Waals surface area contributed by atoms with Gasteiger partial charge < -0.3 is 9.13 Å². The molecule has 9 aromatic rings. The lowest BCUT2D eigenvalue weighted by molar-refractivity contribution is 1.17. The van der Waals surface area contributed by atoms with Crippen LogP contribution in [0, 0.1) is 22.7 Å². The standard InChI is InChI=1S/C44H26N4/c45-27-32-10-9-19-43(48-41-17-7-3-13-36(41)37-14-4-8-18-42(37)48)44(32)30-22-20-29(21-23-30)31-24-25-38(33(26-31)28-46)47-39-15-5-1-11-34(39)35-12-2-6-16-40(35)47/h1-26H. The molecule has 0 saturated carbocycles. The van der Waals surface area contributed by atoms with Crippen molar-refractivity contribution in [2.24, 2.45) is 0 Å². The van der Waals surface area contributed by atoms with Crippen molar-refractivity contribution >= 4 is 43.6 Å². The van der Waals surface area contributed by atoms with Gasteiger partial charge in [-0.2, -0.15) is 10.5 Å². The van der Waals surface area contributed by atoms with Crippen LogP contribution in [-0.2, 0) is 0 Å². The van der Waals surface area contributed by atoms with Crippen LogP contribution in [0.2, 0.25) is 0 Å². The van der Waals surface area contributed by atoms with Gasteiger partial charge in [-0.15, -0.1) is 0 Å². The molecule has 0 N–H and O–H groups in total. The molecular formula is C44H26N4. The second-order valence-electron chi connectivity index (χ2n) is 12.0. The lowest BCUT2D eigenvalue weighted by atomic mass is 9.95. The van der Waals surface area contributed by atoms with Crippen molar-refractivity contribution in [3.8, 4) is 45.8 Å². The second kappa shape index (κ2) is 10.9. The predicted molar refractivity (Wildman–Crippen MR) is 195 cm³/mol. The van der Waals surface area contributed by atoms with Crippen molar-refractivity contribution in [2.45, 2.75) is 0 Å². The Morgan fingerprint density at radius 2 is 0.792 bits per heavy atom. The van der Waals surface area contributed by atoms with Crippen molar-refractivity contribution in [3.63, 3.8) is 0 Å². The van der Waals surface area contributed by atoms with Crippen LogP contribution in [0.5, 0.6) is 0 Å². The van der Waals surface area contributed by atoms with Crippen LogP contribution in [0.25, 0.3) is 77.2 Å². The first-order valence-electron chi connectivity index (χ1n) is 15.9. The molecule has 0 bridgehead atoms. The Balaban J connectivity index is 1.16. The van der Waals surface area contributed by atoms with Crippen LogP contribution < -0.4 is 0 Å². The molecule has 0 aliphatic heterocycles. The molecule has 0 amide bonds. The first kappa shape index (κ1) is 27.4. The van der Waals surface area contributed by atoms with E-state index in [0.29, 0.717) is 11.1 Å². The Bertz CT molecular complexity index is 2690. The second-order valence-corrected chi connectivity index (χ2v) is 12.0. The molecule has 4 heteroatoms. The summed E-state index contributed by atoms with van der Waals surface area (Å²) in [6, 6.07) is 58.8. The molecule has 222 valence electrons. The fraction of sp³-hybridized carbons (Fsp3) is 0. The Labute approximate surface area is 277 Å². The molecule has 2 heterocycles. The summed E-state index contributed by atoms with van der Waals surface area (Å²) in [4.78, 5) is 0. The quantitative estimate of drug-likeness (QED) is 0.199. The summed E-state index contributed by atoms with van der Waals surface area (Å²) in [5, 5.41) is 25.3. The minimum absolute atomic E-state index is 0.603. The zero-order chi connectivity index (χ0) is 32.2. The fourth-order valence-corrected chi connectivity index (χ4v) is 7.32. The van der Waals surface area contributed by atoms with Gasteiger partial charge in [-0.1, -0.05) is 109 Å². The summed E-state index contributed by atoms with van der Waals surface area (Å²) in [6.45, 7) is 0. The van der Waals surface area contributed by atoms with E-state index in [1.807, 2.05) is 36.4 Å². The third-order valence-electron chi connectivity index (χ3n) is 9.43. The zero-order valence-corrected chi connectivity index (χ0v) is 25.8. The molecule has 0 unspecified atom stereocenters. The van der Waals surface area contributed by atoms with Crippen LogP contribution in [-0.4, -0.2) is 9.13 Å². The molecule has 0 spiro atoms. The van der Waals surface area contributed by atoms with E-state index in [-0.39, 0.29) is 0 Å². The van der Waals surface area contributed by atoms with Crippen molar-refractivity contribution in [3.05, 3.63) is 169 Å². The minimum Gasteiger partial charge on any atom is -0.309 e. The Morgan fingerprint density at radius 3 is 1.29 bits per heavy atom. The number of para-hydroxylation sites is 4. The highest BCUT2D eigenvalue weighted by Crippen LogP contribution is 2.39. The van der Waals surface area contributed by atoms with E-state index in [1.54, 1.807) is 0 Å². The van der Waals surface area contributed by atoms with Gasteiger partial charge in [0.25, 0.3) is 0 Å². The predicted octanol–water partition coefficient (Wildman–Crippen LogP) is 11.0. The molecular weight excluding hydrogens is 585 g/mol. The van der Waals surface area contributed by atoms with E-state index in [0.717, 1.165) is 66.5 Å². The van der Waals surface area contributed by atoms with E-state index < -0.39 is 0 Å². The summed E-state index contributed by atoms with van der Waals surface area (Å²) < 4.78 is 4.45. The van der Waals surface area contributed by atoms with Gasteiger partial charge in [-0.3, -0.25) is 0 Å². The Morgan fingerprint density at radius 1 is 0.354 bits per heavy atom. The number of fused-ring (bicyclic) bond motifs is 6. The summed E-state index contributed by atoms with van der Waals surface area (Å²) in [5.74, 6) is 0. The Hall–Kier alpha value is -6.88. The van der Waals surface area contributed by atoms with Gasteiger partial charge in [0.1, 0.15) is 6.07 Å².